The molecule has 8 nitrogen and oxygen atoms in total. The average molecular weight is 514 g/mol. The van der Waals surface area contributed by atoms with Crippen LogP contribution in [0.4, 0.5) is 26.3 Å². The zero-order chi connectivity index (χ0) is 25.6. The number of sulfone groups is 1. The normalized spacial score (nSPS) is 14.1. The van der Waals surface area contributed by atoms with E-state index in [0.29, 0.717) is 12.1 Å². The summed E-state index contributed by atoms with van der Waals surface area (Å²) < 4.78 is 138. The summed E-state index contributed by atoms with van der Waals surface area (Å²) >= 11 is 0. The summed E-state index contributed by atoms with van der Waals surface area (Å²) in [5, 5.41) is -13.8. The van der Waals surface area contributed by atoms with Gasteiger partial charge in [0.2, 0.25) is 9.84 Å². The lowest BCUT2D eigenvalue weighted by atomic mass is 10.0. The van der Waals surface area contributed by atoms with Crippen LogP contribution in [0.3, 0.4) is 0 Å². The van der Waals surface area contributed by atoms with E-state index in [9.17, 15) is 52.8 Å². The van der Waals surface area contributed by atoms with Gasteiger partial charge in [-0.15, -0.1) is 0 Å². The van der Waals surface area contributed by atoms with Crippen LogP contribution >= 0.6 is 0 Å². The highest BCUT2D eigenvalue weighted by molar-refractivity contribution is 7.95. The first kappa shape index (κ1) is 27.7. The van der Waals surface area contributed by atoms with Gasteiger partial charge >= 0.3 is 26.5 Å². The summed E-state index contributed by atoms with van der Waals surface area (Å²) in [7, 11) is -12.9. The monoisotopic (exact) mass is 514 g/mol. The minimum absolute atomic E-state index is 0.0114. The maximum atomic E-state index is 14.4. The molecular formula is C16H16F6O8S2. The van der Waals surface area contributed by atoms with Crippen LogP contribution in [0.25, 0.3) is 0 Å². The Hall–Kier alpha value is -2.36. The van der Waals surface area contributed by atoms with Crippen LogP contribution in [0.1, 0.15) is 20.8 Å². The zero-order valence-corrected chi connectivity index (χ0v) is 18.3. The smallest absolute Gasteiger partial charge is 0.450 e. The number of carbonyl (C=O) groups is 2. The summed E-state index contributed by atoms with van der Waals surface area (Å²) in [5.41, 5.74) is 0. The van der Waals surface area contributed by atoms with Gasteiger partial charge in [-0.25, -0.2) is 8.42 Å². The molecular weight excluding hydrogens is 498 g/mol. The average Bonchev–Trinajstić information content (AvgIpc) is 2.66. The fourth-order valence-corrected chi connectivity index (χ4v) is 4.90. The van der Waals surface area contributed by atoms with E-state index in [0.717, 1.165) is 12.1 Å². The van der Waals surface area contributed by atoms with Crippen LogP contribution in [0, 0.1) is 0 Å². The van der Waals surface area contributed by atoms with Crippen molar-refractivity contribution < 1.29 is 61.7 Å². The SMILES string of the molecule is COc1ccc(OS(=O)(=O)C(F)(F)C(F)(F)C(F)(F)S(=O)(=O)C(C)(C(C)=O)C(C)=O)cc1. The number of halogens is 6. The van der Waals surface area contributed by atoms with Gasteiger partial charge in [-0.1, -0.05) is 0 Å². The van der Waals surface area contributed by atoms with Crippen LogP contribution < -0.4 is 8.92 Å². The molecule has 0 radical (unpaired) electrons. The number of rotatable bonds is 10. The maximum absolute atomic E-state index is 14.4. The minimum Gasteiger partial charge on any atom is -0.497 e. The number of carbonyl (C=O) groups excluding carboxylic acids is 2. The minimum atomic E-state index is -7.18. The van der Waals surface area contributed by atoms with Crippen molar-refractivity contribution in [1.29, 1.82) is 0 Å². The molecule has 0 saturated carbocycles. The van der Waals surface area contributed by atoms with Crippen molar-refractivity contribution in [3.8, 4) is 11.5 Å². The third-order valence-electron chi connectivity index (χ3n) is 4.53. The van der Waals surface area contributed by atoms with Gasteiger partial charge in [0, 0.05) is 0 Å². The number of ether oxygens (including phenoxy) is 1. The van der Waals surface area contributed by atoms with E-state index in [2.05, 4.69) is 8.92 Å². The Labute approximate surface area is 178 Å². The molecule has 1 rings (SSSR count). The second-order valence-corrected chi connectivity index (χ2v) is 10.4. The number of benzene rings is 1. The van der Waals surface area contributed by atoms with E-state index in [1.54, 1.807) is 0 Å². The Morgan fingerprint density at radius 3 is 1.50 bits per heavy atom. The number of ketones is 2. The van der Waals surface area contributed by atoms with Crippen molar-refractivity contribution >= 4 is 31.5 Å². The highest BCUT2D eigenvalue weighted by atomic mass is 32.2. The highest BCUT2D eigenvalue weighted by Gasteiger charge is 2.85. The summed E-state index contributed by atoms with van der Waals surface area (Å²) in [6.07, 6.45) is 0. The second-order valence-electron chi connectivity index (χ2n) is 6.47. The standard InChI is InChI=1S/C16H16F6O8S2/c1-9(23)13(3,10(2)24)31(25,26)15(19,20)14(17,18)16(21,22)32(27,28)30-12-7-5-11(29-4)6-8-12/h5-8H,1-4H3. The molecule has 0 aromatic heterocycles. The number of hydrogen-bond donors (Lipinski definition) is 0. The van der Waals surface area contributed by atoms with Gasteiger partial charge in [0.25, 0.3) is 0 Å². The van der Waals surface area contributed by atoms with E-state index >= 15 is 0 Å². The van der Waals surface area contributed by atoms with Gasteiger partial charge < -0.3 is 8.92 Å². The predicted molar refractivity (Wildman–Crippen MR) is 96.1 cm³/mol. The van der Waals surface area contributed by atoms with Gasteiger partial charge in [0.1, 0.15) is 11.5 Å². The van der Waals surface area contributed by atoms with Crippen molar-refractivity contribution in [2.24, 2.45) is 0 Å². The van der Waals surface area contributed by atoms with E-state index in [4.69, 9.17) is 0 Å². The molecule has 0 aliphatic carbocycles. The maximum Gasteiger partial charge on any atom is 0.450 e. The molecule has 0 fully saturated rings. The first-order valence-corrected chi connectivity index (χ1v) is 11.0. The number of alkyl halides is 6. The van der Waals surface area contributed by atoms with Gasteiger partial charge in [-0.3, -0.25) is 9.59 Å². The van der Waals surface area contributed by atoms with Crippen molar-refractivity contribution in [3.63, 3.8) is 0 Å². The molecule has 182 valence electrons. The Balaban J connectivity index is 3.61. The largest absolute Gasteiger partial charge is 0.497 e. The fraction of sp³-hybridized carbons (Fsp3) is 0.500. The van der Waals surface area contributed by atoms with Gasteiger partial charge in [0.05, 0.1) is 7.11 Å². The lowest BCUT2D eigenvalue weighted by molar-refractivity contribution is -0.245. The molecule has 0 aliphatic heterocycles. The number of Topliss-reactive ketones (excluding diaryl/α,β-unsaturated/α-hetero) is 2. The Morgan fingerprint density at radius 1 is 0.781 bits per heavy atom. The number of hydrogen-bond acceptors (Lipinski definition) is 8. The quantitative estimate of drug-likeness (QED) is 0.265. The first-order chi connectivity index (χ1) is 14.1. The van der Waals surface area contributed by atoms with Crippen molar-refractivity contribution in [2.45, 2.75) is 41.9 Å². The Morgan fingerprint density at radius 2 is 1.16 bits per heavy atom. The molecule has 1 aromatic rings. The zero-order valence-electron chi connectivity index (χ0n) is 16.7. The van der Waals surface area contributed by atoms with Crippen molar-refractivity contribution in [3.05, 3.63) is 24.3 Å². The summed E-state index contributed by atoms with van der Waals surface area (Å²) in [4.78, 5) is 23.1. The van der Waals surface area contributed by atoms with Crippen LogP contribution in [0.15, 0.2) is 24.3 Å². The lowest BCUT2D eigenvalue weighted by Crippen LogP contribution is -2.66. The molecule has 0 N–H and O–H groups in total. The third kappa shape index (κ3) is 3.82. The molecule has 0 amide bonds. The van der Waals surface area contributed by atoms with Gasteiger partial charge in [0.15, 0.2) is 16.3 Å². The molecule has 1 aromatic carbocycles. The highest BCUT2D eigenvalue weighted by Crippen LogP contribution is 2.53. The van der Waals surface area contributed by atoms with E-state index < -0.39 is 58.5 Å². The van der Waals surface area contributed by atoms with Gasteiger partial charge in [-0.2, -0.15) is 34.8 Å². The predicted octanol–water partition coefficient (Wildman–Crippen LogP) is 2.58. The third-order valence-corrected chi connectivity index (χ3v) is 8.41. The van der Waals surface area contributed by atoms with Crippen LogP contribution in [-0.2, 0) is 29.5 Å². The topological polar surface area (TPSA) is 121 Å². The number of methoxy groups -OCH3 is 1. The molecule has 0 atom stereocenters. The van der Waals surface area contributed by atoms with E-state index in [1.807, 2.05) is 0 Å². The molecule has 16 heteroatoms. The summed E-state index contributed by atoms with van der Waals surface area (Å²) in [5.74, 6) is -11.9. The van der Waals surface area contributed by atoms with Gasteiger partial charge in [-0.05, 0) is 45.0 Å². The molecule has 32 heavy (non-hydrogen) atoms. The molecule has 0 heterocycles. The molecule has 0 saturated heterocycles. The van der Waals surface area contributed by atoms with Crippen LogP contribution in [0.2, 0.25) is 0 Å². The second kappa shape index (κ2) is 8.20. The molecule has 0 unspecified atom stereocenters. The Bertz CT molecular complexity index is 1100. The molecule has 0 spiro atoms. The van der Waals surface area contributed by atoms with Crippen molar-refractivity contribution in [1.82, 2.24) is 0 Å². The van der Waals surface area contributed by atoms with E-state index in [1.165, 1.54) is 7.11 Å². The summed E-state index contributed by atoms with van der Waals surface area (Å²) in [6, 6.07) is 3.21. The van der Waals surface area contributed by atoms with E-state index in [-0.39, 0.29) is 26.5 Å². The first-order valence-electron chi connectivity index (χ1n) is 8.13. The molecule has 0 aliphatic rings. The fourth-order valence-electron chi connectivity index (χ4n) is 2.19. The van der Waals surface area contributed by atoms with Crippen LogP contribution in [0.5, 0.6) is 11.5 Å². The van der Waals surface area contributed by atoms with Crippen molar-refractivity contribution in [2.75, 3.05) is 7.11 Å². The lowest BCUT2D eigenvalue weighted by Gasteiger charge is -2.35. The summed E-state index contributed by atoms with van der Waals surface area (Å²) in [6.45, 7) is 0.557. The Kier molecular flexibility index (Phi) is 7.10. The van der Waals surface area contributed by atoms with Crippen LogP contribution in [-0.4, -0.2) is 56.7 Å². The molecule has 0 bridgehead atoms.